The summed E-state index contributed by atoms with van der Waals surface area (Å²) in [6.45, 7) is 9.33. The fraction of sp³-hybridized carbons (Fsp3) is 0.591. The smallest absolute Gasteiger partial charge is 0.325 e. The highest BCUT2D eigenvalue weighted by molar-refractivity contribution is 6.07. The largest absolute Gasteiger partial charge is 0.426 e. The SMILES string of the molecule is CCN(CC)c1ccc2c(c1)OC(=O)C(CCN1C(=O)NC3(CCNC3)C1=O)C2C. The number of ether oxygens (including phenoxy) is 1. The maximum Gasteiger partial charge on any atom is 0.325 e. The third-order valence-corrected chi connectivity index (χ3v) is 6.80. The number of carbonyl (C=O) groups excluding carboxylic acids is 3. The Bertz CT molecular complexity index is 861. The van der Waals surface area contributed by atoms with E-state index in [1.54, 1.807) is 0 Å². The van der Waals surface area contributed by atoms with Gasteiger partial charge in [-0.1, -0.05) is 13.0 Å². The molecule has 3 aliphatic heterocycles. The van der Waals surface area contributed by atoms with Crippen LogP contribution >= 0.6 is 0 Å². The molecule has 30 heavy (non-hydrogen) atoms. The van der Waals surface area contributed by atoms with Crippen LogP contribution in [0.15, 0.2) is 18.2 Å². The minimum Gasteiger partial charge on any atom is -0.426 e. The van der Waals surface area contributed by atoms with E-state index in [4.69, 9.17) is 4.74 Å². The molecule has 1 aromatic carbocycles. The van der Waals surface area contributed by atoms with E-state index in [-0.39, 0.29) is 30.4 Å². The van der Waals surface area contributed by atoms with E-state index in [9.17, 15) is 14.4 Å². The summed E-state index contributed by atoms with van der Waals surface area (Å²) in [5.41, 5.74) is 1.21. The van der Waals surface area contributed by atoms with Gasteiger partial charge in [-0.25, -0.2) is 4.79 Å². The average molecular weight is 415 g/mol. The Morgan fingerprint density at radius 2 is 2.00 bits per heavy atom. The first-order valence-electron chi connectivity index (χ1n) is 10.9. The first kappa shape index (κ1) is 20.7. The van der Waals surface area contributed by atoms with Crippen LogP contribution in [0, 0.1) is 5.92 Å². The van der Waals surface area contributed by atoms with Gasteiger partial charge in [-0.05, 0) is 50.8 Å². The zero-order chi connectivity index (χ0) is 21.5. The molecular formula is C22H30N4O4. The highest BCUT2D eigenvalue weighted by Gasteiger charge is 2.52. The molecule has 8 nitrogen and oxygen atoms in total. The summed E-state index contributed by atoms with van der Waals surface area (Å²) in [6, 6.07) is 5.65. The summed E-state index contributed by atoms with van der Waals surface area (Å²) in [5, 5.41) is 5.97. The molecule has 3 heterocycles. The van der Waals surface area contributed by atoms with Gasteiger partial charge in [-0.15, -0.1) is 0 Å². The topological polar surface area (TPSA) is 91.0 Å². The van der Waals surface area contributed by atoms with Gasteiger partial charge in [0.15, 0.2) is 0 Å². The van der Waals surface area contributed by atoms with Gasteiger partial charge in [-0.3, -0.25) is 14.5 Å². The predicted molar refractivity (Wildman–Crippen MR) is 113 cm³/mol. The third-order valence-electron chi connectivity index (χ3n) is 6.80. The monoisotopic (exact) mass is 414 g/mol. The van der Waals surface area contributed by atoms with E-state index >= 15 is 0 Å². The Kier molecular flexibility index (Phi) is 5.44. The fourth-order valence-corrected chi connectivity index (χ4v) is 4.87. The summed E-state index contributed by atoms with van der Waals surface area (Å²) in [4.78, 5) is 41.4. The summed E-state index contributed by atoms with van der Waals surface area (Å²) in [7, 11) is 0. The fourth-order valence-electron chi connectivity index (χ4n) is 4.87. The number of fused-ring (bicyclic) bond motifs is 1. The van der Waals surface area contributed by atoms with Gasteiger partial charge in [0.1, 0.15) is 11.3 Å². The van der Waals surface area contributed by atoms with Crippen molar-refractivity contribution in [3.05, 3.63) is 23.8 Å². The Labute approximate surface area is 176 Å². The number of rotatable bonds is 6. The lowest BCUT2D eigenvalue weighted by Crippen LogP contribution is -2.48. The quantitative estimate of drug-likeness (QED) is 0.419. The van der Waals surface area contributed by atoms with Crippen LogP contribution in [-0.4, -0.2) is 61.1 Å². The van der Waals surface area contributed by atoms with Crippen molar-refractivity contribution < 1.29 is 19.1 Å². The first-order valence-corrected chi connectivity index (χ1v) is 10.9. The zero-order valence-corrected chi connectivity index (χ0v) is 17.9. The standard InChI is InChI=1S/C22H30N4O4/c1-4-25(5-2)15-6-7-16-14(3)17(19(27)30-18(16)12-15)8-11-26-20(28)22(24-21(26)29)9-10-23-13-22/h6-7,12,14,17,23H,4-5,8-11,13H2,1-3H3,(H,24,29). The van der Waals surface area contributed by atoms with E-state index < -0.39 is 11.5 Å². The van der Waals surface area contributed by atoms with E-state index in [1.165, 1.54) is 4.90 Å². The molecule has 0 bridgehead atoms. The highest BCUT2D eigenvalue weighted by Crippen LogP contribution is 2.41. The minimum atomic E-state index is -0.816. The van der Waals surface area contributed by atoms with Crippen molar-refractivity contribution >= 4 is 23.6 Å². The summed E-state index contributed by atoms with van der Waals surface area (Å²) >= 11 is 0. The van der Waals surface area contributed by atoms with E-state index in [2.05, 4.69) is 35.4 Å². The van der Waals surface area contributed by atoms with E-state index in [1.807, 2.05) is 19.1 Å². The maximum atomic E-state index is 12.8. The molecule has 1 aromatic rings. The average Bonchev–Trinajstić information content (AvgIpc) is 3.28. The van der Waals surface area contributed by atoms with Crippen LogP contribution in [-0.2, 0) is 9.59 Å². The van der Waals surface area contributed by atoms with Gasteiger partial charge < -0.3 is 20.3 Å². The van der Waals surface area contributed by atoms with Gasteiger partial charge in [-0.2, -0.15) is 0 Å². The molecule has 2 saturated heterocycles. The molecule has 0 saturated carbocycles. The third kappa shape index (κ3) is 3.33. The van der Waals surface area contributed by atoms with Gasteiger partial charge in [0.05, 0.1) is 5.92 Å². The number of hydrogen-bond acceptors (Lipinski definition) is 6. The number of nitrogens with one attached hydrogen (secondary N) is 2. The molecule has 162 valence electrons. The maximum absolute atomic E-state index is 12.8. The van der Waals surface area contributed by atoms with Crippen LogP contribution in [0.2, 0.25) is 0 Å². The number of benzene rings is 1. The van der Waals surface area contributed by atoms with E-state index in [0.717, 1.165) is 24.3 Å². The first-order chi connectivity index (χ1) is 14.4. The highest BCUT2D eigenvalue weighted by atomic mass is 16.5. The minimum absolute atomic E-state index is 0.0464. The van der Waals surface area contributed by atoms with Crippen LogP contribution in [0.1, 0.15) is 45.1 Å². The second-order valence-corrected chi connectivity index (χ2v) is 8.40. The van der Waals surface area contributed by atoms with Crippen molar-refractivity contribution in [1.29, 1.82) is 0 Å². The predicted octanol–water partition coefficient (Wildman–Crippen LogP) is 1.85. The number of imide groups is 1. The Hall–Kier alpha value is -2.61. The van der Waals surface area contributed by atoms with Crippen LogP contribution in [0.4, 0.5) is 10.5 Å². The molecule has 4 rings (SSSR count). The number of hydrogen-bond donors (Lipinski definition) is 2. The zero-order valence-electron chi connectivity index (χ0n) is 17.9. The number of urea groups is 1. The number of esters is 1. The molecule has 2 fully saturated rings. The molecule has 1 spiro atoms. The summed E-state index contributed by atoms with van der Waals surface area (Å²) in [6.07, 6.45) is 0.984. The molecule has 0 aliphatic carbocycles. The van der Waals surface area contributed by atoms with Crippen LogP contribution < -0.4 is 20.3 Å². The van der Waals surface area contributed by atoms with Crippen molar-refractivity contribution in [2.75, 3.05) is 37.6 Å². The van der Waals surface area contributed by atoms with Crippen molar-refractivity contribution in [2.24, 2.45) is 5.92 Å². The van der Waals surface area contributed by atoms with Gasteiger partial charge >= 0.3 is 12.0 Å². The second kappa shape index (κ2) is 7.91. The van der Waals surface area contributed by atoms with Crippen LogP contribution in [0.3, 0.4) is 0 Å². The Morgan fingerprint density at radius 3 is 2.67 bits per heavy atom. The Morgan fingerprint density at radius 1 is 1.23 bits per heavy atom. The second-order valence-electron chi connectivity index (χ2n) is 8.40. The number of amides is 3. The van der Waals surface area contributed by atoms with Crippen LogP contribution in [0.5, 0.6) is 5.75 Å². The lowest BCUT2D eigenvalue weighted by molar-refractivity contribution is -0.142. The number of anilines is 1. The van der Waals surface area contributed by atoms with Crippen molar-refractivity contribution in [3.63, 3.8) is 0 Å². The molecule has 3 aliphatic rings. The van der Waals surface area contributed by atoms with Gasteiger partial charge in [0.25, 0.3) is 5.91 Å². The summed E-state index contributed by atoms with van der Waals surface area (Å²) < 4.78 is 5.68. The number of nitrogens with zero attached hydrogens (tertiary/aromatic N) is 2. The Balaban J connectivity index is 1.47. The van der Waals surface area contributed by atoms with Gasteiger partial charge in [0.2, 0.25) is 0 Å². The van der Waals surface area contributed by atoms with Crippen LogP contribution in [0.25, 0.3) is 0 Å². The van der Waals surface area contributed by atoms with Crippen molar-refractivity contribution in [3.8, 4) is 5.75 Å². The lowest BCUT2D eigenvalue weighted by Gasteiger charge is -2.31. The summed E-state index contributed by atoms with van der Waals surface area (Å²) in [5.74, 6) is -0.320. The molecular weight excluding hydrogens is 384 g/mol. The molecule has 8 heteroatoms. The van der Waals surface area contributed by atoms with Gasteiger partial charge in [0, 0.05) is 37.9 Å². The normalized spacial score (nSPS) is 28.0. The lowest BCUT2D eigenvalue weighted by atomic mass is 9.82. The molecule has 3 amide bonds. The van der Waals surface area contributed by atoms with E-state index in [0.29, 0.717) is 31.7 Å². The molecule has 3 unspecified atom stereocenters. The number of carbonyl (C=O) groups is 3. The molecule has 2 N–H and O–H groups in total. The van der Waals surface area contributed by atoms with Crippen molar-refractivity contribution in [1.82, 2.24) is 15.5 Å². The molecule has 0 aromatic heterocycles. The molecule has 3 atom stereocenters. The van der Waals surface area contributed by atoms with Crippen molar-refractivity contribution in [2.45, 2.75) is 45.1 Å². The molecule has 0 radical (unpaired) electrons.